The predicted molar refractivity (Wildman–Crippen MR) is 65.2 cm³/mol. The summed E-state index contributed by atoms with van der Waals surface area (Å²) in [5.74, 6) is -0.507. The molecule has 0 radical (unpaired) electrons. The SMILES string of the molecule is N#Cc1cnc(N2CC(CS(N)(=O)=O)CC2=O)cn1. The molecule has 1 unspecified atom stereocenters. The van der Waals surface area contributed by atoms with Crippen LogP contribution in [0.15, 0.2) is 12.4 Å². The minimum absolute atomic E-state index is 0.109. The van der Waals surface area contributed by atoms with Gasteiger partial charge in [0.05, 0.1) is 18.1 Å². The summed E-state index contributed by atoms with van der Waals surface area (Å²) in [6.45, 7) is 0.232. The average Bonchev–Trinajstić information content (AvgIpc) is 2.68. The van der Waals surface area contributed by atoms with Crippen LogP contribution in [0, 0.1) is 17.2 Å². The smallest absolute Gasteiger partial charge is 0.228 e. The average molecular weight is 281 g/mol. The number of nitrogens with zero attached hydrogens (tertiary/aromatic N) is 4. The second-order valence-electron chi connectivity index (χ2n) is 4.28. The highest BCUT2D eigenvalue weighted by atomic mass is 32.2. The highest BCUT2D eigenvalue weighted by molar-refractivity contribution is 7.89. The fourth-order valence-corrected chi connectivity index (χ4v) is 2.84. The molecule has 1 aromatic rings. The monoisotopic (exact) mass is 281 g/mol. The number of anilines is 1. The number of carbonyl (C=O) groups excluding carboxylic acids is 1. The van der Waals surface area contributed by atoms with E-state index in [1.54, 1.807) is 0 Å². The van der Waals surface area contributed by atoms with Crippen molar-refractivity contribution in [2.24, 2.45) is 11.1 Å². The number of amides is 1. The van der Waals surface area contributed by atoms with Gasteiger partial charge >= 0.3 is 0 Å². The van der Waals surface area contributed by atoms with Crippen LogP contribution in [-0.2, 0) is 14.8 Å². The second kappa shape index (κ2) is 4.91. The molecular formula is C10H11N5O3S. The Bertz CT molecular complexity index is 634. The molecule has 8 nitrogen and oxygen atoms in total. The van der Waals surface area contributed by atoms with Crippen molar-refractivity contribution in [2.45, 2.75) is 6.42 Å². The lowest BCUT2D eigenvalue weighted by molar-refractivity contribution is -0.117. The molecule has 100 valence electrons. The zero-order chi connectivity index (χ0) is 14.0. The van der Waals surface area contributed by atoms with Crippen molar-refractivity contribution in [3.63, 3.8) is 0 Å². The third-order valence-electron chi connectivity index (χ3n) is 2.70. The van der Waals surface area contributed by atoms with Crippen LogP contribution < -0.4 is 10.0 Å². The molecule has 0 bridgehead atoms. The lowest BCUT2D eigenvalue weighted by Gasteiger charge is -2.14. The molecule has 0 aliphatic carbocycles. The number of aromatic nitrogens is 2. The van der Waals surface area contributed by atoms with Gasteiger partial charge in [0.15, 0.2) is 11.5 Å². The first-order valence-electron chi connectivity index (χ1n) is 5.42. The Morgan fingerprint density at radius 3 is 2.74 bits per heavy atom. The van der Waals surface area contributed by atoms with Gasteiger partial charge in [-0.15, -0.1) is 0 Å². The quantitative estimate of drug-likeness (QED) is 0.755. The van der Waals surface area contributed by atoms with Crippen LogP contribution in [0.3, 0.4) is 0 Å². The molecule has 1 aromatic heterocycles. The first kappa shape index (κ1) is 13.4. The fourth-order valence-electron chi connectivity index (χ4n) is 1.96. The van der Waals surface area contributed by atoms with Gasteiger partial charge in [-0.1, -0.05) is 0 Å². The molecule has 0 aromatic carbocycles. The summed E-state index contributed by atoms with van der Waals surface area (Å²) in [7, 11) is -3.61. The number of nitriles is 1. The predicted octanol–water partition coefficient (Wildman–Crippen LogP) is -1.01. The number of nitrogens with two attached hydrogens (primary N) is 1. The Balaban J connectivity index is 2.13. The third-order valence-corrected chi connectivity index (χ3v) is 3.64. The van der Waals surface area contributed by atoms with Crippen molar-refractivity contribution in [1.82, 2.24) is 9.97 Å². The summed E-state index contributed by atoms with van der Waals surface area (Å²) in [6, 6.07) is 1.82. The van der Waals surface area contributed by atoms with Crippen LogP contribution in [0.25, 0.3) is 0 Å². The Hall–Kier alpha value is -2.05. The van der Waals surface area contributed by atoms with Gasteiger partial charge in [-0.2, -0.15) is 5.26 Å². The van der Waals surface area contributed by atoms with Gasteiger partial charge in [-0.25, -0.2) is 23.5 Å². The Labute approximate surface area is 109 Å². The molecule has 1 fully saturated rings. The number of carbonyl (C=O) groups is 1. The number of rotatable bonds is 3. The lowest BCUT2D eigenvalue weighted by Crippen LogP contribution is -2.28. The summed E-state index contributed by atoms with van der Waals surface area (Å²) >= 11 is 0. The van der Waals surface area contributed by atoms with Crippen molar-refractivity contribution in [2.75, 3.05) is 17.2 Å². The van der Waals surface area contributed by atoms with Crippen molar-refractivity contribution in [1.29, 1.82) is 5.26 Å². The minimum Gasteiger partial charge on any atom is -0.295 e. The number of sulfonamides is 1. The van der Waals surface area contributed by atoms with Crippen LogP contribution >= 0.6 is 0 Å². The minimum atomic E-state index is -3.61. The van der Waals surface area contributed by atoms with Gasteiger partial charge in [0.2, 0.25) is 15.9 Å². The summed E-state index contributed by atoms with van der Waals surface area (Å²) in [4.78, 5) is 20.9. The summed E-state index contributed by atoms with van der Waals surface area (Å²) in [6.07, 6.45) is 2.68. The van der Waals surface area contributed by atoms with E-state index < -0.39 is 10.0 Å². The molecule has 1 saturated heterocycles. The number of hydrogen-bond donors (Lipinski definition) is 1. The van der Waals surface area contributed by atoms with Crippen LogP contribution in [0.4, 0.5) is 5.82 Å². The van der Waals surface area contributed by atoms with Crippen LogP contribution in [-0.4, -0.2) is 36.6 Å². The van der Waals surface area contributed by atoms with Crippen molar-refractivity contribution >= 4 is 21.7 Å². The van der Waals surface area contributed by atoms with Gasteiger partial charge in [0.1, 0.15) is 6.07 Å². The molecule has 19 heavy (non-hydrogen) atoms. The maximum atomic E-state index is 11.8. The molecular weight excluding hydrogens is 270 g/mol. The van der Waals surface area contributed by atoms with Crippen LogP contribution in [0.1, 0.15) is 12.1 Å². The summed E-state index contributed by atoms with van der Waals surface area (Å²) in [5.41, 5.74) is 0.150. The van der Waals surface area contributed by atoms with Crippen molar-refractivity contribution in [3.8, 4) is 6.07 Å². The van der Waals surface area contributed by atoms with Gasteiger partial charge in [-0.3, -0.25) is 9.69 Å². The van der Waals surface area contributed by atoms with E-state index in [9.17, 15) is 13.2 Å². The molecule has 1 amide bonds. The molecule has 1 atom stereocenters. The standard InChI is InChI=1S/C10H11N5O3S/c11-2-8-3-14-9(4-13-8)15-5-7(1-10(15)16)6-19(12,17)18/h3-4,7H,1,5-6H2,(H2,12,17,18). The zero-order valence-electron chi connectivity index (χ0n) is 9.85. The van der Waals surface area contributed by atoms with E-state index in [1.165, 1.54) is 17.3 Å². The Morgan fingerprint density at radius 1 is 1.47 bits per heavy atom. The highest BCUT2D eigenvalue weighted by Gasteiger charge is 2.33. The van der Waals surface area contributed by atoms with Gasteiger partial charge in [-0.05, 0) is 0 Å². The van der Waals surface area contributed by atoms with E-state index in [4.69, 9.17) is 10.4 Å². The summed E-state index contributed by atoms with van der Waals surface area (Å²) < 4.78 is 22.0. The van der Waals surface area contributed by atoms with Gasteiger partial charge in [0, 0.05) is 18.9 Å². The van der Waals surface area contributed by atoms with E-state index in [2.05, 4.69) is 9.97 Å². The zero-order valence-corrected chi connectivity index (χ0v) is 10.7. The van der Waals surface area contributed by atoms with E-state index in [0.717, 1.165) is 0 Å². The molecule has 9 heteroatoms. The first-order valence-corrected chi connectivity index (χ1v) is 7.13. The molecule has 1 aliphatic heterocycles. The van der Waals surface area contributed by atoms with Gasteiger partial charge < -0.3 is 0 Å². The Morgan fingerprint density at radius 2 is 2.21 bits per heavy atom. The van der Waals surface area contributed by atoms with E-state index >= 15 is 0 Å². The Kier molecular flexibility index (Phi) is 3.46. The van der Waals surface area contributed by atoms with Crippen LogP contribution in [0.2, 0.25) is 0 Å². The molecule has 1 aliphatic rings. The third kappa shape index (κ3) is 3.24. The fraction of sp³-hybridized carbons (Fsp3) is 0.400. The van der Waals surface area contributed by atoms with E-state index in [-0.39, 0.29) is 36.2 Å². The number of hydrogen-bond acceptors (Lipinski definition) is 6. The maximum absolute atomic E-state index is 11.8. The molecule has 0 spiro atoms. The summed E-state index contributed by atoms with van der Waals surface area (Å²) in [5, 5.41) is 13.6. The molecule has 2 heterocycles. The molecule has 2 rings (SSSR count). The maximum Gasteiger partial charge on any atom is 0.228 e. The van der Waals surface area contributed by atoms with E-state index in [1.807, 2.05) is 6.07 Å². The van der Waals surface area contributed by atoms with Crippen LogP contribution in [0.5, 0.6) is 0 Å². The molecule has 2 N–H and O–H groups in total. The first-order chi connectivity index (χ1) is 8.89. The topological polar surface area (TPSA) is 130 Å². The second-order valence-corrected chi connectivity index (χ2v) is 5.93. The van der Waals surface area contributed by atoms with Crippen molar-refractivity contribution in [3.05, 3.63) is 18.1 Å². The molecule has 0 saturated carbocycles. The number of primary sulfonamides is 1. The highest BCUT2D eigenvalue weighted by Crippen LogP contribution is 2.23. The van der Waals surface area contributed by atoms with Gasteiger partial charge in [0.25, 0.3) is 0 Å². The largest absolute Gasteiger partial charge is 0.295 e. The van der Waals surface area contributed by atoms with Crippen molar-refractivity contribution < 1.29 is 13.2 Å². The lowest BCUT2D eigenvalue weighted by atomic mass is 10.1. The normalized spacial score (nSPS) is 19.5. The van der Waals surface area contributed by atoms with E-state index in [0.29, 0.717) is 5.82 Å².